The maximum atomic E-state index is 12.2. The van der Waals surface area contributed by atoms with Crippen molar-refractivity contribution in [1.29, 1.82) is 0 Å². The van der Waals surface area contributed by atoms with Gasteiger partial charge in [0.2, 0.25) is 0 Å². The quantitative estimate of drug-likeness (QED) is 0.773. The second-order valence-corrected chi connectivity index (χ2v) is 6.06. The van der Waals surface area contributed by atoms with Gasteiger partial charge in [-0.2, -0.15) is 8.75 Å². The molecule has 2 aromatic carbocycles. The number of nitrogens with one attached hydrogen (secondary N) is 1. The molecule has 23 heavy (non-hydrogen) atoms. The number of amides is 1. The highest BCUT2D eigenvalue weighted by Gasteiger charge is 2.15. The number of benzene rings is 2. The zero-order chi connectivity index (χ0) is 16.4. The third-order valence-electron chi connectivity index (χ3n) is 3.33. The zero-order valence-electron chi connectivity index (χ0n) is 12.5. The summed E-state index contributed by atoms with van der Waals surface area (Å²) in [5.74, 6) is 0.369. The first-order chi connectivity index (χ1) is 11.0. The normalized spacial score (nSPS) is 12.1. The molecular weight excluding hydrogens is 334 g/mol. The van der Waals surface area contributed by atoms with E-state index in [1.807, 2.05) is 13.0 Å². The summed E-state index contributed by atoms with van der Waals surface area (Å²) in [7, 11) is 0. The van der Waals surface area contributed by atoms with Crippen molar-refractivity contribution >= 4 is 46.0 Å². The fourth-order valence-corrected chi connectivity index (χ4v) is 2.69. The SMILES string of the molecule is Cc1cc(O[C@@H](C)C(=O)Nc2ccc3nsnc3c2)ccc1Cl. The molecule has 0 unspecified atom stereocenters. The standard InChI is InChI=1S/C16H14ClN3O2S/c1-9-7-12(4-5-13(9)17)22-10(2)16(21)18-11-3-6-14-15(8-11)20-23-19-14/h3-8,10H,1-2H3,(H,18,21)/t10-/m0/s1. The minimum Gasteiger partial charge on any atom is -0.481 e. The first-order valence-electron chi connectivity index (χ1n) is 6.99. The van der Waals surface area contributed by atoms with Crippen molar-refractivity contribution in [2.75, 3.05) is 5.32 Å². The molecule has 0 aliphatic carbocycles. The van der Waals surface area contributed by atoms with Gasteiger partial charge in [-0.15, -0.1) is 0 Å². The van der Waals surface area contributed by atoms with Gasteiger partial charge >= 0.3 is 0 Å². The Bertz CT molecular complexity index is 865. The Hall–Kier alpha value is -2.18. The number of hydrogen-bond donors (Lipinski definition) is 1. The van der Waals surface area contributed by atoms with Crippen LogP contribution in [0.5, 0.6) is 5.75 Å². The van der Waals surface area contributed by atoms with Gasteiger partial charge in [0.05, 0.1) is 11.7 Å². The molecule has 1 heterocycles. The molecule has 1 atom stereocenters. The predicted molar refractivity (Wildman–Crippen MR) is 92.3 cm³/mol. The van der Waals surface area contributed by atoms with Crippen LogP contribution in [0.25, 0.3) is 11.0 Å². The molecular formula is C16H14ClN3O2S. The van der Waals surface area contributed by atoms with Crippen molar-refractivity contribution in [3.05, 3.63) is 47.0 Å². The van der Waals surface area contributed by atoms with Gasteiger partial charge in [0.1, 0.15) is 16.8 Å². The maximum Gasteiger partial charge on any atom is 0.265 e. The van der Waals surface area contributed by atoms with Gasteiger partial charge in [-0.25, -0.2) is 0 Å². The van der Waals surface area contributed by atoms with Crippen molar-refractivity contribution < 1.29 is 9.53 Å². The van der Waals surface area contributed by atoms with Crippen LogP contribution in [0.4, 0.5) is 5.69 Å². The Morgan fingerprint density at radius 2 is 2.00 bits per heavy atom. The number of hydrogen-bond acceptors (Lipinski definition) is 5. The minimum atomic E-state index is -0.639. The first-order valence-corrected chi connectivity index (χ1v) is 8.10. The monoisotopic (exact) mass is 347 g/mol. The van der Waals surface area contributed by atoms with E-state index < -0.39 is 6.10 Å². The van der Waals surface area contributed by atoms with Gasteiger partial charge in [-0.1, -0.05) is 11.6 Å². The number of fused-ring (bicyclic) bond motifs is 1. The van der Waals surface area contributed by atoms with E-state index in [-0.39, 0.29) is 5.91 Å². The molecule has 0 saturated carbocycles. The van der Waals surface area contributed by atoms with Crippen LogP contribution in [0, 0.1) is 6.92 Å². The van der Waals surface area contributed by atoms with Crippen molar-refractivity contribution in [2.45, 2.75) is 20.0 Å². The fourth-order valence-electron chi connectivity index (χ4n) is 2.05. The van der Waals surface area contributed by atoms with E-state index in [0.717, 1.165) is 28.3 Å². The van der Waals surface area contributed by atoms with Crippen LogP contribution in [0.3, 0.4) is 0 Å². The lowest BCUT2D eigenvalue weighted by atomic mass is 10.2. The first kappa shape index (κ1) is 15.7. The zero-order valence-corrected chi connectivity index (χ0v) is 14.1. The third kappa shape index (κ3) is 3.60. The molecule has 0 saturated heterocycles. The summed E-state index contributed by atoms with van der Waals surface area (Å²) >= 11 is 7.12. The molecule has 7 heteroatoms. The molecule has 1 amide bonds. The van der Waals surface area contributed by atoms with Gasteiger partial charge in [0, 0.05) is 10.7 Å². The fraction of sp³-hybridized carbons (Fsp3) is 0.188. The molecule has 0 aliphatic heterocycles. The number of aryl methyl sites for hydroxylation is 1. The van der Waals surface area contributed by atoms with E-state index in [0.29, 0.717) is 16.5 Å². The second kappa shape index (κ2) is 6.52. The van der Waals surface area contributed by atoms with E-state index in [1.54, 1.807) is 37.3 Å². The van der Waals surface area contributed by atoms with Crippen LogP contribution in [0.2, 0.25) is 5.02 Å². The number of carbonyl (C=O) groups is 1. The van der Waals surface area contributed by atoms with Crippen LogP contribution < -0.4 is 10.1 Å². The largest absolute Gasteiger partial charge is 0.481 e. The summed E-state index contributed by atoms with van der Waals surface area (Å²) < 4.78 is 13.9. The summed E-state index contributed by atoms with van der Waals surface area (Å²) in [5.41, 5.74) is 3.14. The second-order valence-electron chi connectivity index (χ2n) is 5.13. The van der Waals surface area contributed by atoms with Crippen LogP contribution >= 0.6 is 23.3 Å². The number of aromatic nitrogens is 2. The highest BCUT2D eigenvalue weighted by atomic mass is 35.5. The minimum absolute atomic E-state index is 0.236. The lowest BCUT2D eigenvalue weighted by Gasteiger charge is -2.15. The third-order valence-corrected chi connectivity index (χ3v) is 4.31. The van der Waals surface area contributed by atoms with Gasteiger partial charge in [-0.05, 0) is 55.8 Å². The average Bonchev–Trinajstić information content (AvgIpc) is 2.98. The van der Waals surface area contributed by atoms with E-state index in [1.165, 1.54) is 0 Å². The lowest BCUT2D eigenvalue weighted by Crippen LogP contribution is -2.30. The summed E-state index contributed by atoms with van der Waals surface area (Å²) in [5, 5.41) is 3.48. The van der Waals surface area contributed by atoms with Crippen LogP contribution in [-0.2, 0) is 4.79 Å². The van der Waals surface area contributed by atoms with Crippen molar-refractivity contribution in [3.63, 3.8) is 0 Å². The Morgan fingerprint density at radius 1 is 1.22 bits per heavy atom. The van der Waals surface area contributed by atoms with Gasteiger partial charge in [0.15, 0.2) is 6.10 Å². The molecule has 0 aliphatic rings. The Balaban J connectivity index is 1.67. The molecule has 118 valence electrons. The van der Waals surface area contributed by atoms with Crippen LogP contribution in [-0.4, -0.2) is 20.8 Å². The van der Waals surface area contributed by atoms with Crippen LogP contribution in [0.15, 0.2) is 36.4 Å². The summed E-state index contributed by atoms with van der Waals surface area (Å²) in [6.45, 7) is 3.58. The van der Waals surface area contributed by atoms with E-state index >= 15 is 0 Å². The highest BCUT2D eigenvalue weighted by molar-refractivity contribution is 7.00. The number of ether oxygens (including phenoxy) is 1. The number of carbonyl (C=O) groups excluding carboxylic acids is 1. The lowest BCUT2D eigenvalue weighted by molar-refractivity contribution is -0.122. The smallest absolute Gasteiger partial charge is 0.265 e. The van der Waals surface area contributed by atoms with Gasteiger partial charge in [0.25, 0.3) is 5.91 Å². The number of anilines is 1. The Kier molecular flexibility index (Phi) is 4.45. The van der Waals surface area contributed by atoms with Crippen molar-refractivity contribution in [1.82, 2.24) is 8.75 Å². The van der Waals surface area contributed by atoms with E-state index in [2.05, 4.69) is 14.1 Å². The summed E-state index contributed by atoms with van der Waals surface area (Å²) in [4.78, 5) is 12.2. The topological polar surface area (TPSA) is 64.1 Å². The Morgan fingerprint density at radius 3 is 2.78 bits per heavy atom. The molecule has 0 bridgehead atoms. The Labute approximate surface area is 142 Å². The predicted octanol–water partition coefficient (Wildman–Crippen LogP) is 4.06. The molecule has 3 aromatic rings. The van der Waals surface area contributed by atoms with Crippen molar-refractivity contribution in [2.24, 2.45) is 0 Å². The summed E-state index contributed by atoms with van der Waals surface area (Å²) in [6, 6.07) is 10.7. The maximum absolute atomic E-state index is 12.2. The molecule has 1 aromatic heterocycles. The van der Waals surface area contributed by atoms with Gasteiger partial charge in [-0.3, -0.25) is 4.79 Å². The van der Waals surface area contributed by atoms with Gasteiger partial charge < -0.3 is 10.1 Å². The van der Waals surface area contributed by atoms with E-state index in [4.69, 9.17) is 16.3 Å². The molecule has 0 fully saturated rings. The van der Waals surface area contributed by atoms with Crippen LogP contribution in [0.1, 0.15) is 12.5 Å². The molecule has 0 spiro atoms. The average molecular weight is 348 g/mol. The van der Waals surface area contributed by atoms with Crippen molar-refractivity contribution in [3.8, 4) is 5.75 Å². The molecule has 1 N–H and O–H groups in total. The number of nitrogens with zero attached hydrogens (tertiary/aromatic N) is 2. The summed E-state index contributed by atoms with van der Waals surface area (Å²) in [6.07, 6.45) is -0.639. The number of rotatable bonds is 4. The van der Waals surface area contributed by atoms with E-state index in [9.17, 15) is 4.79 Å². The molecule has 5 nitrogen and oxygen atoms in total. The molecule has 0 radical (unpaired) electrons. The number of halogens is 1. The highest BCUT2D eigenvalue weighted by Crippen LogP contribution is 2.22. The molecule has 3 rings (SSSR count).